The quantitative estimate of drug-likeness (QED) is 0.495. The minimum atomic E-state index is -0.992. The molecule has 54 valence electrons. The SMILES string of the molecule is NC1C(O)CCCC1F. The summed E-state index contributed by atoms with van der Waals surface area (Å²) in [6, 6.07) is -0.640. The highest BCUT2D eigenvalue weighted by atomic mass is 19.1. The number of aliphatic hydroxyl groups is 1. The van der Waals surface area contributed by atoms with Crippen LogP contribution in [0.4, 0.5) is 4.39 Å². The van der Waals surface area contributed by atoms with Gasteiger partial charge in [0.25, 0.3) is 0 Å². The van der Waals surface area contributed by atoms with Gasteiger partial charge in [0.05, 0.1) is 12.1 Å². The van der Waals surface area contributed by atoms with Gasteiger partial charge in [0.2, 0.25) is 0 Å². The second-order valence-corrected chi connectivity index (χ2v) is 2.59. The monoisotopic (exact) mass is 133 g/mol. The van der Waals surface area contributed by atoms with E-state index < -0.39 is 18.3 Å². The van der Waals surface area contributed by atoms with E-state index in [1.54, 1.807) is 0 Å². The first-order valence-corrected chi connectivity index (χ1v) is 3.29. The zero-order chi connectivity index (χ0) is 6.85. The lowest BCUT2D eigenvalue weighted by atomic mass is 9.92. The Labute approximate surface area is 53.9 Å². The molecule has 3 unspecified atom stereocenters. The first-order valence-electron chi connectivity index (χ1n) is 3.29. The van der Waals surface area contributed by atoms with Gasteiger partial charge >= 0.3 is 0 Å². The average molecular weight is 133 g/mol. The second kappa shape index (κ2) is 2.62. The van der Waals surface area contributed by atoms with Crippen LogP contribution in [0.15, 0.2) is 0 Å². The summed E-state index contributed by atoms with van der Waals surface area (Å²) in [5.41, 5.74) is 5.30. The van der Waals surface area contributed by atoms with Gasteiger partial charge in [-0.05, 0) is 19.3 Å². The summed E-state index contributed by atoms with van der Waals surface area (Å²) in [5, 5.41) is 8.98. The summed E-state index contributed by atoms with van der Waals surface area (Å²) in [6.45, 7) is 0. The Morgan fingerprint density at radius 2 is 2.11 bits per heavy atom. The minimum Gasteiger partial charge on any atom is -0.391 e. The van der Waals surface area contributed by atoms with Crippen molar-refractivity contribution in [1.82, 2.24) is 0 Å². The molecule has 1 rings (SSSR count). The van der Waals surface area contributed by atoms with Gasteiger partial charge in [-0.15, -0.1) is 0 Å². The Morgan fingerprint density at radius 1 is 1.44 bits per heavy atom. The van der Waals surface area contributed by atoms with Crippen LogP contribution in [-0.2, 0) is 0 Å². The van der Waals surface area contributed by atoms with Crippen LogP contribution >= 0.6 is 0 Å². The van der Waals surface area contributed by atoms with Crippen molar-refractivity contribution in [2.24, 2.45) is 5.73 Å². The largest absolute Gasteiger partial charge is 0.391 e. The highest BCUT2D eigenvalue weighted by molar-refractivity contribution is 4.84. The molecule has 0 spiro atoms. The fourth-order valence-corrected chi connectivity index (χ4v) is 1.15. The van der Waals surface area contributed by atoms with Crippen molar-refractivity contribution in [2.45, 2.75) is 37.6 Å². The van der Waals surface area contributed by atoms with Crippen LogP contribution in [-0.4, -0.2) is 23.4 Å². The Hall–Kier alpha value is -0.150. The van der Waals surface area contributed by atoms with E-state index in [4.69, 9.17) is 10.8 Å². The lowest BCUT2D eigenvalue weighted by molar-refractivity contribution is 0.0594. The van der Waals surface area contributed by atoms with Crippen LogP contribution in [0.1, 0.15) is 19.3 Å². The van der Waals surface area contributed by atoms with Crippen LogP contribution in [0, 0.1) is 0 Å². The number of alkyl halides is 1. The number of nitrogens with two attached hydrogens (primary N) is 1. The van der Waals surface area contributed by atoms with Gasteiger partial charge in [-0.1, -0.05) is 0 Å². The topological polar surface area (TPSA) is 46.2 Å². The number of aliphatic hydroxyl groups excluding tert-OH is 1. The van der Waals surface area contributed by atoms with Crippen molar-refractivity contribution in [3.63, 3.8) is 0 Å². The van der Waals surface area contributed by atoms with Crippen molar-refractivity contribution in [2.75, 3.05) is 0 Å². The van der Waals surface area contributed by atoms with E-state index >= 15 is 0 Å². The molecule has 0 bridgehead atoms. The molecular weight excluding hydrogens is 121 g/mol. The molecule has 3 N–H and O–H groups in total. The molecule has 0 saturated heterocycles. The third-order valence-electron chi connectivity index (χ3n) is 1.84. The van der Waals surface area contributed by atoms with Crippen LogP contribution < -0.4 is 5.73 Å². The molecule has 2 nitrogen and oxygen atoms in total. The van der Waals surface area contributed by atoms with Crippen molar-refractivity contribution in [3.8, 4) is 0 Å². The van der Waals surface area contributed by atoms with Crippen LogP contribution in [0.25, 0.3) is 0 Å². The molecule has 1 fully saturated rings. The maximum Gasteiger partial charge on any atom is 0.118 e. The maximum atomic E-state index is 12.5. The molecule has 1 aliphatic rings. The van der Waals surface area contributed by atoms with E-state index in [1.165, 1.54) is 0 Å². The Morgan fingerprint density at radius 3 is 2.56 bits per heavy atom. The van der Waals surface area contributed by atoms with Crippen LogP contribution in [0.5, 0.6) is 0 Å². The molecule has 1 saturated carbocycles. The summed E-state index contributed by atoms with van der Waals surface area (Å²) in [5.74, 6) is 0. The van der Waals surface area contributed by atoms with E-state index in [1.807, 2.05) is 0 Å². The van der Waals surface area contributed by atoms with Gasteiger partial charge in [0, 0.05) is 0 Å². The Balaban J connectivity index is 2.41. The number of halogens is 1. The molecule has 0 radical (unpaired) electrons. The predicted molar refractivity (Wildman–Crippen MR) is 32.7 cm³/mol. The van der Waals surface area contributed by atoms with Gasteiger partial charge in [0.1, 0.15) is 6.17 Å². The second-order valence-electron chi connectivity index (χ2n) is 2.59. The fraction of sp³-hybridized carbons (Fsp3) is 1.00. The predicted octanol–water partition coefficient (Wildman–Crippen LogP) is 0.197. The van der Waals surface area contributed by atoms with Crippen molar-refractivity contribution < 1.29 is 9.50 Å². The average Bonchev–Trinajstić information content (AvgIpc) is 1.83. The molecule has 0 heterocycles. The molecule has 0 aliphatic heterocycles. The summed E-state index contributed by atoms with van der Waals surface area (Å²) >= 11 is 0. The zero-order valence-corrected chi connectivity index (χ0v) is 5.26. The first kappa shape index (κ1) is 6.96. The van der Waals surface area contributed by atoms with Gasteiger partial charge in [-0.25, -0.2) is 4.39 Å². The lowest BCUT2D eigenvalue weighted by Gasteiger charge is -2.27. The molecule has 0 aromatic rings. The summed E-state index contributed by atoms with van der Waals surface area (Å²) in [4.78, 5) is 0. The normalized spacial score (nSPS) is 45.0. The summed E-state index contributed by atoms with van der Waals surface area (Å²) < 4.78 is 12.5. The van der Waals surface area contributed by atoms with Gasteiger partial charge < -0.3 is 10.8 Å². The lowest BCUT2D eigenvalue weighted by Crippen LogP contribution is -2.45. The number of rotatable bonds is 0. The van der Waals surface area contributed by atoms with Crippen LogP contribution in [0.3, 0.4) is 0 Å². The zero-order valence-electron chi connectivity index (χ0n) is 5.26. The van der Waals surface area contributed by atoms with E-state index in [-0.39, 0.29) is 0 Å². The van der Waals surface area contributed by atoms with Gasteiger partial charge in [0.15, 0.2) is 0 Å². The van der Waals surface area contributed by atoms with Gasteiger partial charge in [-0.3, -0.25) is 0 Å². The summed E-state index contributed by atoms with van der Waals surface area (Å²) in [6.07, 6.45) is 0.318. The van der Waals surface area contributed by atoms with Crippen LogP contribution in [0.2, 0.25) is 0 Å². The first-order chi connectivity index (χ1) is 4.22. The number of hydrogen-bond donors (Lipinski definition) is 2. The molecule has 0 aromatic carbocycles. The molecule has 1 aliphatic carbocycles. The third kappa shape index (κ3) is 1.40. The van der Waals surface area contributed by atoms with E-state index in [0.29, 0.717) is 12.8 Å². The smallest absolute Gasteiger partial charge is 0.118 e. The molecule has 9 heavy (non-hydrogen) atoms. The van der Waals surface area contributed by atoms with E-state index in [2.05, 4.69) is 0 Å². The Bertz CT molecular complexity index is 89.1. The van der Waals surface area contributed by atoms with Gasteiger partial charge in [-0.2, -0.15) is 0 Å². The van der Waals surface area contributed by atoms with Crippen molar-refractivity contribution >= 4 is 0 Å². The third-order valence-corrected chi connectivity index (χ3v) is 1.84. The fourth-order valence-electron chi connectivity index (χ4n) is 1.15. The van der Waals surface area contributed by atoms with E-state index in [9.17, 15) is 4.39 Å². The molecule has 0 amide bonds. The number of hydrogen-bond acceptors (Lipinski definition) is 2. The Kier molecular flexibility index (Phi) is 2.03. The maximum absolute atomic E-state index is 12.5. The summed E-state index contributed by atoms with van der Waals surface area (Å²) in [7, 11) is 0. The molecule has 3 heteroatoms. The standard InChI is InChI=1S/C6H12FNO/c7-4-2-1-3-5(9)6(4)8/h4-6,9H,1-3,8H2. The molecule has 3 atom stereocenters. The van der Waals surface area contributed by atoms with Crippen molar-refractivity contribution in [3.05, 3.63) is 0 Å². The van der Waals surface area contributed by atoms with E-state index in [0.717, 1.165) is 6.42 Å². The molecular formula is C6H12FNO. The van der Waals surface area contributed by atoms with Crippen molar-refractivity contribution in [1.29, 1.82) is 0 Å². The highest BCUT2D eigenvalue weighted by Gasteiger charge is 2.28. The molecule has 0 aromatic heterocycles. The minimum absolute atomic E-state index is 0.512. The highest BCUT2D eigenvalue weighted by Crippen LogP contribution is 2.19.